The first-order chi connectivity index (χ1) is 6.56. The monoisotopic (exact) mass is 262 g/mol. The van der Waals surface area contributed by atoms with Crippen molar-refractivity contribution in [3.05, 3.63) is 28.0 Å². The van der Waals surface area contributed by atoms with Gasteiger partial charge >= 0.3 is 0 Å². The second-order valence-corrected chi connectivity index (χ2v) is 3.82. The average molecular weight is 263 g/mol. The summed E-state index contributed by atoms with van der Waals surface area (Å²) in [6, 6.07) is 2.96. The lowest BCUT2D eigenvalue weighted by Gasteiger charge is -2.13. The fraction of sp³-hybridized carbons (Fsp3) is 0.400. The maximum atomic E-state index is 13.4. The van der Waals surface area contributed by atoms with Gasteiger partial charge in [0, 0.05) is 4.47 Å². The van der Waals surface area contributed by atoms with Gasteiger partial charge in [-0.1, -0.05) is 15.9 Å². The molecule has 2 nitrogen and oxygen atoms in total. The van der Waals surface area contributed by atoms with E-state index in [2.05, 4.69) is 15.9 Å². The number of rotatable bonds is 3. The molecule has 1 aromatic carbocycles. The van der Waals surface area contributed by atoms with E-state index in [1.807, 2.05) is 6.92 Å². The molecule has 78 valence electrons. The molecule has 0 bridgehead atoms. The highest BCUT2D eigenvalue weighted by molar-refractivity contribution is 9.10. The highest BCUT2D eigenvalue weighted by Crippen LogP contribution is 2.31. The van der Waals surface area contributed by atoms with Gasteiger partial charge in [0.15, 0.2) is 0 Å². The third-order valence-corrected chi connectivity index (χ3v) is 2.23. The van der Waals surface area contributed by atoms with Gasteiger partial charge in [-0.05, 0) is 26.0 Å². The van der Waals surface area contributed by atoms with Crippen LogP contribution in [0.1, 0.15) is 25.5 Å². The van der Waals surface area contributed by atoms with Gasteiger partial charge in [-0.15, -0.1) is 0 Å². The summed E-state index contributed by atoms with van der Waals surface area (Å²) in [6.07, 6.45) is -0.871. The number of halogens is 2. The number of ether oxygens (including phenoxy) is 1. The summed E-state index contributed by atoms with van der Waals surface area (Å²) < 4.78 is 19.2. The molecule has 0 fully saturated rings. The van der Waals surface area contributed by atoms with Crippen LogP contribution in [-0.2, 0) is 0 Å². The first kappa shape index (κ1) is 11.5. The Labute approximate surface area is 90.8 Å². The van der Waals surface area contributed by atoms with Gasteiger partial charge in [-0.3, -0.25) is 0 Å². The molecule has 0 aliphatic rings. The highest BCUT2D eigenvalue weighted by Gasteiger charge is 2.15. The van der Waals surface area contributed by atoms with Crippen LogP contribution in [0.15, 0.2) is 16.6 Å². The molecule has 4 heteroatoms. The van der Waals surface area contributed by atoms with Crippen molar-refractivity contribution in [3.8, 4) is 5.75 Å². The van der Waals surface area contributed by atoms with Crippen LogP contribution in [0.25, 0.3) is 0 Å². The molecule has 0 aliphatic heterocycles. The van der Waals surface area contributed by atoms with Crippen LogP contribution in [0.3, 0.4) is 0 Å². The van der Waals surface area contributed by atoms with Gasteiger partial charge in [0.1, 0.15) is 11.6 Å². The predicted molar refractivity (Wildman–Crippen MR) is 55.9 cm³/mol. The lowest BCUT2D eigenvalue weighted by atomic mass is 10.1. The summed E-state index contributed by atoms with van der Waals surface area (Å²) >= 11 is 3.16. The van der Waals surface area contributed by atoms with Crippen LogP contribution in [0.5, 0.6) is 5.75 Å². The molecule has 0 amide bonds. The van der Waals surface area contributed by atoms with Crippen molar-refractivity contribution in [1.29, 1.82) is 0 Å². The van der Waals surface area contributed by atoms with E-state index in [4.69, 9.17) is 4.74 Å². The molecule has 1 N–H and O–H groups in total. The molecule has 0 saturated heterocycles. The quantitative estimate of drug-likeness (QED) is 0.908. The Kier molecular flexibility index (Phi) is 3.89. The van der Waals surface area contributed by atoms with Gasteiger partial charge in [0.2, 0.25) is 0 Å². The zero-order chi connectivity index (χ0) is 10.7. The summed E-state index contributed by atoms with van der Waals surface area (Å²) in [5.74, 6) is -0.0767. The van der Waals surface area contributed by atoms with Crippen molar-refractivity contribution in [2.24, 2.45) is 0 Å². The number of aliphatic hydroxyl groups is 1. The molecule has 0 heterocycles. The van der Waals surface area contributed by atoms with E-state index in [0.29, 0.717) is 16.8 Å². The Morgan fingerprint density at radius 2 is 2.21 bits per heavy atom. The lowest BCUT2D eigenvalue weighted by molar-refractivity contribution is 0.186. The summed E-state index contributed by atoms with van der Waals surface area (Å²) in [5.41, 5.74) is 0.204. The first-order valence-corrected chi connectivity index (χ1v) is 5.15. The zero-order valence-corrected chi connectivity index (χ0v) is 9.64. The van der Waals surface area contributed by atoms with Gasteiger partial charge in [0.05, 0.1) is 18.3 Å². The summed E-state index contributed by atoms with van der Waals surface area (Å²) in [6.45, 7) is 3.76. The van der Waals surface area contributed by atoms with Crippen molar-refractivity contribution >= 4 is 15.9 Å². The Morgan fingerprint density at radius 3 is 2.71 bits per heavy atom. The molecule has 1 aromatic rings. The minimum Gasteiger partial charge on any atom is -0.493 e. The van der Waals surface area contributed by atoms with Gasteiger partial charge in [0.25, 0.3) is 0 Å². The number of hydrogen-bond acceptors (Lipinski definition) is 2. The van der Waals surface area contributed by atoms with Gasteiger partial charge in [-0.2, -0.15) is 0 Å². The lowest BCUT2D eigenvalue weighted by Crippen LogP contribution is -2.02. The normalized spacial score (nSPS) is 12.6. The van der Waals surface area contributed by atoms with E-state index >= 15 is 0 Å². The van der Waals surface area contributed by atoms with Crippen LogP contribution >= 0.6 is 15.9 Å². The second kappa shape index (κ2) is 4.75. The largest absolute Gasteiger partial charge is 0.493 e. The molecule has 14 heavy (non-hydrogen) atoms. The van der Waals surface area contributed by atoms with Crippen LogP contribution in [0.4, 0.5) is 4.39 Å². The summed E-state index contributed by atoms with van der Waals surface area (Å²) in [5, 5.41) is 9.37. The van der Waals surface area contributed by atoms with E-state index < -0.39 is 11.9 Å². The van der Waals surface area contributed by atoms with Crippen molar-refractivity contribution in [2.75, 3.05) is 6.61 Å². The molecule has 0 radical (unpaired) electrons. The minimum atomic E-state index is -0.871. The van der Waals surface area contributed by atoms with Crippen molar-refractivity contribution < 1.29 is 14.2 Å². The van der Waals surface area contributed by atoms with Crippen LogP contribution in [-0.4, -0.2) is 11.7 Å². The van der Waals surface area contributed by atoms with E-state index in [1.54, 1.807) is 6.07 Å². The van der Waals surface area contributed by atoms with E-state index in [-0.39, 0.29) is 5.56 Å². The van der Waals surface area contributed by atoms with E-state index in [9.17, 15) is 9.50 Å². The summed E-state index contributed by atoms with van der Waals surface area (Å²) in [4.78, 5) is 0. The molecular weight excluding hydrogens is 251 g/mol. The molecular formula is C10H12BrFO2. The highest BCUT2D eigenvalue weighted by atomic mass is 79.9. The van der Waals surface area contributed by atoms with Crippen molar-refractivity contribution in [2.45, 2.75) is 20.0 Å². The average Bonchev–Trinajstić information content (AvgIpc) is 2.01. The standard InChI is InChI=1S/C10H12BrFO2/c1-3-14-9-5-7(11)4-8(12)10(9)6(2)13/h4-6,13H,3H2,1-2H3. The molecule has 0 aromatic heterocycles. The van der Waals surface area contributed by atoms with Crippen LogP contribution in [0, 0.1) is 5.82 Å². The summed E-state index contributed by atoms with van der Waals surface area (Å²) in [7, 11) is 0. The molecule has 0 saturated carbocycles. The van der Waals surface area contributed by atoms with Crippen LogP contribution in [0.2, 0.25) is 0 Å². The SMILES string of the molecule is CCOc1cc(Br)cc(F)c1C(C)O. The molecule has 0 aliphatic carbocycles. The fourth-order valence-corrected chi connectivity index (χ4v) is 1.65. The topological polar surface area (TPSA) is 29.5 Å². The predicted octanol–water partition coefficient (Wildman–Crippen LogP) is 3.04. The number of benzene rings is 1. The van der Waals surface area contributed by atoms with Crippen molar-refractivity contribution in [1.82, 2.24) is 0 Å². The fourth-order valence-electron chi connectivity index (χ4n) is 1.24. The maximum Gasteiger partial charge on any atom is 0.133 e. The Balaban J connectivity index is 3.21. The molecule has 1 unspecified atom stereocenters. The van der Waals surface area contributed by atoms with Crippen molar-refractivity contribution in [3.63, 3.8) is 0 Å². The Morgan fingerprint density at radius 1 is 1.57 bits per heavy atom. The minimum absolute atomic E-state index is 0.204. The zero-order valence-electron chi connectivity index (χ0n) is 8.05. The van der Waals surface area contributed by atoms with E-state index in [1.165, 1.54) is 13.0 Å². The number of hydrogen-bond donors (Lipinski definition) is 1. The van der Waals surface area contributed by atoms with Crippen LogP contribution < -0.4 is 4.74 Å². The van der Waals surface area contributed by atoms with E-state index in [0.717, 1.165) is 0 Å². The molecule has 0 spiro atoms. The first-order valence-electron chi connectivity index (χ1n) is 4.36. The second-order valence-electron chi connectivity index (χ2n) is 2.91. The van der Waals surface area contributed by atoms with Gasteiger partial charge < -0.3 is 9.84 Å². The smallest absolute Gasteiger partial charge is 0.133 e. The Bertz CT molecular complexity index is 326. The molecule has 1 rings (SSSR count). The Hall–Kier alpha value is -0.610. The maximum absolute atomic E-state index is 13.4. The molecule has 1 atom stereocenters. The van der Waals surface area contributed by atoms with Gasteiger partial charge in [-0.25, -0.2) is 4.39 Å². The third kappa shape index (κ3) is 2.45. The third-order valence-electron chi connectivity index (χ3n) is 1.77. The number of aliphatic hydroxyl groups excluding tert-OH is 1.